The molecule has 22 heavy (non-hydrogen) atoms. The van der Waals surface area contributed by atoms with Crippen molar-refractivity contribution in [2.24, 2.45) is 7.05 Å². The normalized spacial score (nSPS) is 12.4. The van der Waals surface area contributed by atoms with Crippen molar-refractivity contribution < 1.29 is 8.91 Å². The van der Waals surface area contributed by atoms with E-state index < -0.39 is 0 Å². The van der Waals surface area contributed by atoms with Gasteiger partial charge in [-0.2, -0.15) is 10.1 Å². The summed E-state index contributed by atoms with van der Waals surface area (Å²) in [7, 11) is 1.84. The largest absolute Gasteiger partial charge is 0.371 e. The third-order valence-corrected chi connectivity index (χ3v) is 3.33. The maximum Gasteiger partial charge on any atom is 0.249 e. The smallest absolute Gasteiger partial charge is 0.249 e. The summed E-state index contributed by atoms with van der Waals surface area (Å²) in [5.74, 6) is 0.513. The topological polar surface area (TPSA) is 68.8 Å². The molecular weight excluding hydrogens is 285 g/mol. The number of rotatable bonds is 4. The van der Waals surface area contributed by atoms with Crippen molar-refractivity contribution in [2.75, 3.05) is 5.32 Å². The highest BCUT2D eigenvalue weighted by atomic mass is 19.1. The van der Waals surface area contributed by atoms with E-state index in [-0.39, 0.29) is 11.9 Å². The molecule has 0 spiro atoms. The Bertz CT molecular complexity index is 795. The Balaban J connectivity index is 1.79. The first kappa shape index (κ1) is 14.2. The molecule has 1 unspecified atom stereocenters. The molecule has 0 aliphatic carbocycles. The van der Waals surface area contributed by atoms with Gasteiger partial charge in [0.15, 0.2) is 0 Å². The lowest BCUT2D eigenvalue weighted by molar-refractivity contribution is 0.368. The van der Waals surface area contributed by atoms with Gasteiger partial charge in [-0.15, -0.1) is 0 Å². The number of nitrogens with one attached hydrogen (secondary N) is 1. The zero-order valence-corrected chi connectivity index (χ0v) is 12.5. The number of aromatic nitrogens is 4. The molecule has 0 saturated carbocycles. The Hall–Kier alpha value is -2.70. The first-order chi connectivity index (χ1) is 10.5. The molecule has 2 heterocycles. The minimum absolute atomic E-state index is 0.180. The maximum atomic E-state index is 13.6. The summed E-state index contributed by atoms with van der Waals surface area (Å²) in [6, 6.07) is 4.69. The molecule has 114 valence electrons. The Labute approximate surface area is 127 Å². The van der Waals surface area contributed by atoms with E-state index in [2.05, 4.69) is 20.6 Å². The molecule has 1 N–H and O–H groups in total. The van der Waals surface area contributed by atoms with Gasteiger partial charge in [-0.25, -0.2) is 4.39 Å². The van der Waals surface area contributed by atoms with Crippen LogP contribution in [-0.4, -0.2) is 19.9 Å². The number of halogens is 1. The standard InChI is InChI=1S/C15H16FN5O/c1-9-4-5-11(6-13(9)16)14-19-15(22-20-14)10(2)18-12-7-17-21(3)8-12/h4-8,10,18H,1-3H3. The predicted molar refractivity (Wildman–Crippen MR) is 79.7 cm³/mol. The molecule has 0 aliphatic rings. The zero-order chi connectivity index (χ0) is 15.7. The van der Waals surface area contributed by atoms with Crippen molar-refractivity contribution in [3.8, 4) is 11.4 Å². The van der Waals surface area contributed by atoms with Gasteiger partial charge in [-0.1, -0.05) is 17.3 Å². The van der Waals surface area contributed by atoms with E-state index in [0.29, 0.717) is 22.8 Å². The molecule has 7 heteroatoms. The van der Waals surface area contributed by atoms with Gasteiger partial charge in [0.25, 0.3) is 0 Å². The molecule has 0 saturated heterocycles. The van der Waals surface area contributed by atoms with E-state index in [9.17, 15) is 4.39 Å². The van der Waals surface area contributed by atoms with Crippen molar-refractivity contribution >= 4 is 5.69 Å². The Morgan fingerprint density at radius 1 is 1.36 bits per heavy atom. The average Bonchev–Trinajstić information content (AvgIpc) is 3.11. The third-order valence-electron chi connectivity index (χ3n) is 3.33. The number of benzene rings is 1. The van der Waals surface area contributed by atoms with Crippen LogP contribution in [0.15, 0.2) is 35.1 Å². The quantitative estimate of drug-likeness (QED) is 0.802. The summed E-state index contributed by atoms with van der Waals surface area (Å²) in [4.78, 5) is 4.32. The molecular formula is C15H16FN5O. The van der Waals surface area contributed by atoms with Crippen molar-refractivity contribution in [1.29, 1.82) is 0 Å². The van der Waals surface area contributed by atoms with Gasteiger partial charge in [0, 0.05) is 18.8 Å². The van der Waals surface area contributed by atoms with E-state index in [1.165, 1.54) is 6.07 Å². The minimum Gasteiger partial charge on any atom is -0.371 e. The first-order valence-electron chi connectivity index (χ1n) is 6.88. The number of aryl methyl sites for hydroxylation is 2. The van der Waals surface area contributed by atoms with E-state index in [1.807, 2.05) is 20.2 Å². The number of hydrogen-bond acceptors (Lipinski definition) is 5. The van der Waals surface area contributed by atoms with Gasteiger partial charge in [0.2, 0.25) is 11.7 Å². The number of anilines is 1. The SMILES string of the molecule is Cc1ccc(-c2noc(C(C)Nc3cnn(C)c3)n2)cc1F. The summed E-state index contributed by atoms with van der Waals surface area (Å²) in [6.07, 6.45) is 3.56. The van der Waals surface area contributed by atoms with Crippen LogP contribution in [0.3, 0.4) is 0 Å². The lowest BCUT2D eigenvalue weighted by atomic mass is 10.1. The lowest BCUT2D eigenvalue weighted by Gasteiger charge is -2.07. The van der Waals surface area contributed by atoms with Crippen LogP contribution in [0.5, 0.6) is 0 Å². The fraction of sp³-hybridized carbons (Fsp3) is 0.267. The van der Waals surface area contributed by atoms with E-state index >= 15 is 0 Å². The Kier molecular flexibility index (Phi) is 3.62. The number of hydrogen-bond donors (Lipinski definition) is 1. The molecule has 0 fully saturated rings. The van der Waals surface area contributed by atoms with Crippen LogP contribution in [-0.2, 0) is 7.05 Å². The van der Waals surface area contributed by atoms with Gasteiger partial charge in [0.05, 0.1) is 11.9 Å². The highest BCUT2D eigenvalue weighted by Crippen LogP contribution is 2.22. The highest BCUT2D eigenvalue weighted by Gasteiger charge is 2.16. The predicted octanol–water partition coefficient (Wildman–Crippen LogP) is 3.09. The molecule has 3 rings (SSSR count). The molecule has 1 atom stereocenters. The maximum absolute atomic E-state index is 13.6. The molecule has 0 radical (unpaired) electrons. The van der Waals surface area contributed by atoms with Crippen LogP contribution in [0.25, 0.3) is 11.4 Å². The van der Waals surface area contributed by atoms with Gasteiger partial charge in [0.1, 0.15) is 11.9 Å². The van der Waals surface area contributed by atoms with Crippen molar-refractivity contribution in [1.82, 2.24) is 19.9 Å². The van der Waals surface area contributed by atoms with E-state index in [0.717, 1.165) is 5.69 Å². The highest BCUT2D eigenvalue weighted by molar-refractivity contribution is 5.55. The first-order valence-corrected chi connectivity index (χ1v) is 6.88. The fourth-order valence-corrected chi connectivity index (χ4v) is 2.07. The summed E-state index contributed by atoms with van der Waals surface area (Å²) < 4.78 is 20.6. The van der Waals surface area contributed by atoms with E-state index in [1.54, 1.807) is 29.9 Å². The van der Waals surface area contributed by atoms with Gasteiger partial charge in [-0.3, -0.25) is 4.68 Å². The Morgan fingerprint density at radius 2 is 2.18 bits per heavy atom. The molecule has 2 aromatic heterocycles. The van der Waals surface area contributed by atoms with Crippen LogP contribution in [0.2, 0.25) is 0 Å². The second kappa shape index (κ2) is 5.59. The molecule has 6 nitrogen and oxygen atoms in total. The van der Waals surface area contributed by atoms with E-state index in [4.69, 9.17) is 4.52 Å². The summed E-state index contributed by atoms with van der Waals surface area (Å²) in [6.45, 7) is 3.61. The van der Waals surface area contributed by atoms with Gasteiger partial charge >= 0.3 is 0 Å². The number of nitrogens with zero attached hydrogens (tertiary/aromatic N) is 4. The van der Waals surface area contributed by atoms with Crippen LogP contribution in [0, 0.1) is 12.7 Å². The lowest BCUT2D eigenvalue weighted by Crippen LogP contribution is -2.06. The third kappa shape index (κ3) is 2.83. The molecule has 1 aromatic carbocycles. The van der Waals surface area contributed by atoms with Crippen molar-refractivity contribution in [2.45, 2.75) is 19.9 Å². The molecule has 0 bridgehead atoms. The second-order valence-electron chi connectivity index (χ2n) is 5.19. The summed E-state index contributed by atoms with van der Waals surface area (Å²) in [5.41, 5.74) is 2.03. The monoisotopic (exact) mass is 301 g/mol. The van der Waals surface area contributed by atoms with Gasteiger partial charge < -0.3 is 9.84 Å². The Morgan fingerprint density at radius 3 is 2.86 bits per heavy atom. The van der Waals surface area contributed by atoms with Crippen LogP contribution in [0.1, 0.15) is 24.4 Å². The minimum atomic E-state index is -0.287. The van der Waals surface area contributed by atoms with Crippen LogP contribution in [0.4, 0.5) is 10.1 Å². The summed E-state index contributed by atoms with van der Waals surface area (Å²) >= 11 is 0. The van der Waals surface area contributed by atoms with Crippen molar-refractivity contribution in [3.63, 3.8) is 0 Å². The average molecular weight is 301 g/mol. The molecule has 3 aromatic rings. The molecule has 0 aliphatic heterocycles. The van der Waals surface area contributed by atoms with Crippen LogP contribution >= 0.6 is 0 Å². The molecule has 0 amide bonds. The zero-order valence-electron chi connectivity index (χ0n) is 12.5. The van der Waals surface area contributed by atoms with Crippen molar-refractivity contribution in [3.05, 3.63) is 47.9 Å². The second-order valence-corrected chi connectivity index (χ2v) is 5.19. The summed E-state index contributed by atoms with van der Waals surface area (Å²) in [5, 5.41) is 11.2. The van der Waals surface area contributed by atoms with Gasteiger partial charge in [-0.05, 0) is 25.5 Å². The fourth-order valence-electron chi connectivity index (χ4n) is 2.07. The van der Waals surface area contributed by atoms with Crippen LogP contribution < -0.4 is 5.32 Å².